The van der Waals surface area contributed by atoms with Crippen molar-refractivity contribution in [1.82, 2.24) is 34.6 Å². The van der Waals surface area contributed by atoms with Crippen molar-refractivity contribution in [1.29, 1.82) is 0 Å². The zero-order valence-electron chi connectivity index (χ0n) is 28.1. The number of aryl methyl sites for hydroxylation is 1. The number of hydrogen-bond donors (Lipinski definition) is 2. The Labute approximate surface area is 277 Å². The first-order chi connectivity index (χ1) is 22.9. The number of carbonyl (C=O) groups excluding carboxylic acids is 1. The molecule has 6 rings (SSSR count). The van der Waals surface area contributed by atoms with E-state index in [2.05, 4.69) is 20.2 Å². The Bertz CT molecular complexity index is 2050. The predicted octanol–water partition coefficient (Wildman–Crippen LogP) is 5.35. The fourth-order valence-electron chi connectivity index (χ4n) is 6.31. The van der Waals surface area contributed by atoms with E-state index in [0.29, 0.717) is 60.3 Å². The van der Waals surface area contributed by atoms with Gasteiger partial charge < -0.3 is 19.6 Å². The number of H-pyrrole nitrogens is 1. The van der Waals surface area contributed by atoms with Crippen LogP contribution in [0.4, 0.5) is 15.0 Å². The maximum atomic E-state index is 16.4. The molecule has 12 nitrogen and oxygen atoms in total. The number of rotatable bonds is 7. The van der Waals surface area contributed by atoms with Gasteiger partial charge in [-0.15, -0.1) is 0 Å². The number of nitrogens with one attached hydrogen (secondary N) is 1. The van der Waals surface area contributed by atoms with Gasteiger partial charge in [0, 0.05) is 49.4 Å². The summed E-state index contributed by atoms with van der Waals surface area (Å²) in [4.78, 5) is 44.9. The van der Waals surface area contributed by atoms with Crippen molar-refractivity contribution >= 4 is 33.8 Å². The second-order valence-electron chi connectivity index (χ2n) is 13.5. The quantitative estimate of drug-likeness (QED) is 0.237. The first-order valence-electron chi connectivity index (χ1n) is 16.3. The van der Waals surface area contributed by atoms with Crippen LogP contribution in [0, 0.1) is 5.82 Å². The molecule has 2 N–H and O–H groups in total. The van der Waals surface area contributed by atoms with Crippen LogP contribution in [0.5, 0.6) is 0 Å². The second kappa shape index (κ2) is 12.9. The number of nitrogens with zero attached hydrogens (tertiary/aromatic N) is 7. The number of benzene rings is 1. The van der Waals surface area contributed by atoms with Gasteiger partial charge in [0.1, 0.15) is 22.9 Å². The molecule has 13 heteroatoms. The molecule has 0 saturated carbocycles. The van der Waals surface area contributed by atoms with Crippen LogP contribution in [0.2, 0.25) is 0 Å². The number of anilines is 1. The molecule has 0 spiro atoms. The molecular weight excluding hydrogens is 615 g/mol. The van der Waals surface area contributed by atoms with E-state index in [4.69, 9.17) is 9.72 Å². The Morgan fingerprint density at radius 1 is 1.19 bits per heavy atom. The lowest BCUT2D eigenvalue weighted by molar-refractivity contribution is 0.0218. The Morgan fingerprint density at radius 2 is 1.98 bits per heavy atom. The highest BCUT2D eigenvalue weighted by Crippen LogP contribution is 2.35. The number of fused-ring (bicyclic) bond motifs is 2. The highest BCUT2D eigenvalue weighted by atomic mass is 19.1. The van der Waals surface area contributed by atoms with Crippen molar-refractivity contribution < 1.29 is 19.0 Å². The van der Waals surface area contributed by atoms with Gasteiger partial charge in [0.25, 0.3) is 0 Å². The Hall–Kier alpha value is -4.91. The highest BCUT2D eigenvalue weighted by molar-refractivity contribution is 5.96. The lowest BCUT2D eigenvalue weighted by Crippen LogP contribution is -2.55. The number of piperazine rings is 1. The van der Waals surface area contributed by atoms with Crippen molar-refractivity contribution in [2.75, 3.05) is 31.1 Å². The second-order valence-corrected chi connectivity index (χ2v) is 13.5. The molecule has 1 aliphatic rings. The number of aliphatic hydroxyl groups excluding tert-OH is 1. The van der Waals surface area contributed by atoms with Gasteiger partial charge in [-0.25, -0.2) is 23.5 Å². The number of aromatic nitrogens is 6. The summed E-state index contributed by atoms with van der Waals surface area (Å²) in [5.74, 6) is -0.379. The highest BCUT2D eigenvalue weighted by Gasteiger charge is 2.33. The smallest absolute Gasteiger partial charge is 0.410 e. The van der Waals surface area contributed by atoms with E-state index in [1.807, 2.05) is 58.6 Å². The number of hydrogen-bond acceptors (Lipinski definition) is 9. The molecule has 5 aromatic rings. The first kappa shape index (κ1) is 33.0. The lowest BCUT2D eigenvalue weighted by Gasteiger charge is -2.41. The molecule has 1 fully saturated rings. The monoisotopic (exact) mass is 656 g/mol. The first-order valence-corrected chi connectivity index (χ1v) is 16.3. The van der Waals surface area contributed by atoms with Crippen LogP contribution in [-0.4, -0.2) is 83.7 Å². The van der Waals surface area contributed by atoms with Gasteiger partial charge >= 0.3 is 11.8 Å². The van der Waals surface area contributed by atoms with E-state index in [1.54, 1.807) is 29.4 Å². The van der Waals surface area contributed by atoms with E-state index in [-0.39, 0.29) is 35.7 Å². The largest absolute Gasteiger partial charge is 0.444 e. The molecule has 4 aromatic heterocycles. The van der Waals surface area contributed by atoms with Gasteiger partial charge in [-0.1, -0.05) is 32.0 Å². The fourth-order valence-corrected chi connectivity index (χ4v) is 6.31. The third kappa shape index (κ3) is 6.21. The molecule has 0 aliphatic carbocycles. The minimum absolute atomic E-state index is 0.0272. The zero-order valence-corrected chi connectivity index (χ0v) is 28.1. The zero-order chi connectivity index (χ0) is 34.3. The summed E-state index contributed by atoms with van der Waals surface area (Å²) in [6.45, 7) is 12.3. The SMILES string of the molecule is CC(C)c1nccc(CCCO)c1-n1c(=O)nc(N2CCN(C(=O)OC(C)(C)C)C[C@@H]2C)c2cc(F)c(-c3cccc4cn[nH]c34)nc21. The molecule has 48 heavy (non-hydrogen) atoms. The molecule has 1 amide bonds. The summed E-state index contributed by atoms with van der Waals surface area (Å²) in [5.41, 5.74) is 2.14. The third-order valence-corrected chi connectivity index (χ3v) is 8.50. The van der Waals surface area contributed by atoms with E-state index >= 15 is 4.39 Å². The van der Waals surface area contributed by atoms with Crippen molar-refractivity contribution in [3.8, 4) is 16.9 Å². The summed E-state index contributed by atoms with van der Waals surface area (Å²) in [6, 6.07) is 8.38. The predicted molar refractivity (Wildman–Crippen MR) is 182 cm³/mol. The summed E-state index contributed by atoms with van der Waals surface area (Å²) in [5, 5.41) is 17.9. The summed E-state index contributed by atoms with van der Waals surface area (Å²) in [6.07, 6.45) is 3.90. The van der Waals surface area contributed by atoms with Crippen LogP contribution in [-0.2, 0) is 11.2 Å². The summed E-state index contributed by atoms with van der Waals surface area (Å²) in [7, 11) is 0. The molecule has 1 aromatic carbocycles. The van der Waals surface area contributed by atoms with Gasteiger partial charge in [-0.05, 0) is 64.2 Å². The summed E-state index contributed by atoms with van der Waals surface area (Å²) >= 11 is 0. The number of para-hydroxylation sites is 1. The lowest BCUT2D eigenvalue weighted by atomic mass is 10.0. The molecule has 5 heterocycles. The van der Waals surface area contributed by atoms with E-state index in [0.717, 1.165) is 10.9 Å². The number of aromatic amines is 1. The van der Waals surface area contributed by atoms with Crippen molar-refractivity contribution in [2.45, 2.75) is 71.9 Å². The number of halogens is 1. The summed E-state index contributed by atoms with van der Waals surface area (Å²) < 4.78 is 23.4. The van der Waals surface area contributed by atoms with Crippen LogP contribution in [0.25, 0.3) is 38.9 Å². The Kier molecular flexibility index (Phi) is 8.90. The van der Waals surface area contributed by atoms with E-state index in [1.165, 1.54) is 10.6 Å². The molecule has 0 radical (unpaired) electrons. The normalized spacial score (nSPS) is 15.6. The van der Waals surface area contributed by atoms with Gasteiger partial charge in [-0.2, -0.15) is 10.1 Å². The van der Waals surface area contributed by atoms with Crippen LogP contribution in [0.15, 0.2) is 47.5 Å². The average molecular weight is 657 g/mol. The van der Waals surface area contributed by atoms with Crippen molar-refractivity contribution in [3.63, 3.8) is 0 Å². The van der Waals surface area contributed by atoms with Gasteiger partial charge in [0.15, 0.2) is 5.65 Å². The molecule has 1 atom stereocenters. The number of carbonyl (C=O) groups is 1. The van der Waals surface area contributed by atoms with Crippen LogP contribution >= 0.6 is 0 Å². The van der Waals surface area contributed by atoms with E-state index in [9.17, 15) is 14.7 Å². The third-order valence-electron chi connectivity index (χ3n) is 8.50. The number of ether oxygens (including phenoxy) is 1. The van der Waals surface area contributed by atoms with Gasteiger partial charge in [-0.3, -0.25) is 10.1 Å². The molecule has 0 unspecified atom stereocenters. The van der Waals surface area contributed by atoms with Crippen LogP contribution in [0.3, 0.4) is 0 Å². The maximum Gasteiger partial charge on any atom is 0.410 e. The average Bonchev–Trinajstić information content (AvgIpc) is 3.52. The Morgan fingerprint density at radius 3 is 2.69 bits per heavy atom. The standard InChI is InChI=1S/C35H41FN8O4/c1-20(2)27-30(22(10-8-16-45)12-13-37-27)44-32-25(17-26(36)29(39-32)24-11-7-9-23-18-38-41-28(23)24)31(40-33(44)46)43-15-14-42(19-21(43)3)34(47)48-35(4,5)6/h7,9,11-13,17-18,20-21,45H,8,10,14-16,19H2,1-6H3,(H,38,41)/t21-/m0/s1. The van der Waals surface area contributed by atoms with Crippen LogP contribution in [0.1, 0.15) is 65.1 Å². The molecule has 1 aliphatic heterocycles. The minimum atomic E-state index is -0.641. The molecular formula is C35H41FN8O4. The molecule has 0 bridgehead atoms. The fraction of sp³-hybridized carbons (Fsp3) is 0.429. The molecule has 1 saturated heterocycles. The van der Waals surface area contributed by atoms with Gasteiger partial charge in [0.05, 0.1) is 28.5 Å². The topological polar surface area (TPSA) is 142 Å². The van der Waals surface area contributed by atoms with Crippen molar-refractivity contribution in [3.05, 3.63) is 70.3 Å². The van der Waals surface area contributed by atoms with Crippen molar-refractivity contribution in [2.24, 2.45) is 0 Å². The van der Waals surface area contributed by atoms with Gasteiger partial charge in [0.2, 0.25) is 0 Å². The Balaban J connectivity index is 1.58. The number of amides is 1. The van der Waals surface area contributed by atoms with E-state index < -0.39 is 23.2 Å². The maximum absolute atomic E-state index is 16.4. The number of aliphatic hydroxyl groups is 1. The molecule has 252 valence electrons. The minimum Gasteiger partial charge on any atom is -0.444 e. The number of pyridine rings is 2. The van der Waals surface area contributed by atoms with Crippen LogP contribution < -0.4 is 10.6 Å².